The van der Waals surface area contributed by atoms with Crippen molar-refractivity contribution in [3.8, 4) is 11.8 Å². The Morgan fingerprint density at radius 1 is 1.38 bits per heavy atom. The zero-order valence-electron chi connectivity index (χ0n) is 4.22. The zero-order chi connectivity index (χ0) is 6.57. The van der Waals surface area contributed by atoms with E-state index in [0.717, 1.165) is 0 Å². The van der Waals surface area contributed by atoms with Crippen LogP contribution >= 0.6 is 0 Å². The van der Waals surface area contributed by atoms with E-state index in [1.165, 1.54) is 6.92 Å². The second kappa shape index (κ2) is 2.80. The zero-order valence-corrected chi connectivity index (χ0v) is 4.22. The van der Waals surface area contributed by atoms with Gasteiger partial charge in [0.1, 0.15) is 5.97 Å². The molecule has 0 heterocycles. The molecule has 0 aliphatic carbocycles. The summed E-state index contributed by atoms with van der Waals surface area (Å²) < 4.78 is 0. The van der Waals surface area contributed by atoms with Crippen LogP contribution in [0.3, 0.4) is 0 Å². The first kappa shape index (κ1) is 6.70. The summed E-state index contributed by atoms with van der Waals surface area (Å²) in [5, 5.41) is 9.47. The first-order valence-corrected chi connectivity index (χ1v) is 1.86. The third kappa shape index (κ3) is 4.70. The van der Waals surface area contributed by atoms with Gasteiger partial charge in [-0.05, 0) is 11.8 Å². The number of carboxylic acids is 1. The van der Waals surface area contributed by atoms with Gasteiger partial charge in [0.15, 0.2) is 0 Å². The van der Waals surface area contributed by atoms with Crippen LogP contribution in [0.25, 0.3) is 0 Å². The third-order valence-electron chi connectivity index (χ3n) is 0.341. The summed E-state index contributed by atoms with van der Waals surface area (Å²) in [7, 11) is 0. The highest BCUT2D eigenvalue weighted by Gasteiger charge is 1.76. The molecule has 8 heavy (non-hydrogen) atoms. The highest BCUT2D eigenvalue weighted by Crippen LogP contribution is 1.58. The Bertz CT molecular complexity index is 152. The lowest BCUT2D eigenvalue weighted by Crippen LogP contribution is -2.19. The van der Waals surface area contributed by atoms with E-state index in [2.05, 4.69) is 0 Å². The van der Waals surface area contributed by atoms with E-state index in [-0.39, 0.29) is 0 Å². The molecule has 3 nitrogen and oxygen atoms in total. The van der Waals surface area contributed by atoms with Crippen molar-refractivity contribution in [1.82, 2.24) is 0 Å². The van der Waals surface area contributed by atoms with E-state index < -0.39 is 11.8 Å². The number of carboxylic acid groups (broad SMARTS) is 1. The molecular formula is C5H3O3-. The normalized spacial score (nSPS) is 6.62. The molecule has 0 radical (unpaired) electrons. The molecule has 3 heteroatoms. The van der Waals surface area contributed by atoms with E-state index >= 15 is 0 Å². The molecule has 0 N–H and O–H groups in total. The first-order chi connectivity index (χ1) is 3.63. The van der Waals surface area contributed by atoms with E-state index in [1.54, 1.807) is 11.8 Å². The molecule has 0 fully saturated rings. The van der Waals surface area contributed by atoms with Crippen molar-refractivity contribution < 1.29 is 14.7 Å². The van der Waals surface area contributed by atoms with Gasteiger partial charge in [-0.15, -0.1) is 0 Å². The van der Waals surface area contributed by atoms with Crippen molar-refractivity contribution in [2.24, 2.45) is 0 Å². The topological polar surface area (TPSA) is 57.2 Å². The van der Waals surface area contributed by atoms with E-state index in [4.69, 9.17) is 0 Å². The number of hydrogen-bond donors (Lipinski definition) is 0. The van der Waals surface area contributed by atoms with Crippen LogP contribution in [0.2, 0.25) is 0 Å². The Hall–Kier alpha value is -1.30. The molecule has 0 aliphatic heterocycles. The van der Waals surface area contributed by atoms with Gasteiger partial charge in [0.25, 0.3) is 0 Å². The Morgan fingerprint density at radius 2 is 1.88 bits per heavy atom. The van der Waals surface area contributed by atoms with Crippen LogP contribution in [-0.4, -0.2) is 11.8 Å². The van der Waals surface area contributed by atoms with Crippen LogP contribution in [0.1, 0.15) is 6.92 Å². The van der Waals surface area contributed by atoms with Gasteiger partial charge in [0.2, 0.25) is 5.78 Å². The van der Waals surface area contributed by atoms with Crippen molar-refractivity contribution in [1.29, 1.82) is 0 Å². The Labute approximate surface area is 46.3 Å². The van der Waals surface area contributed by atoms with E-state index in [0.29, 0.717) is 0 Å². The number of hydrogen-bond acceptors (Lipinski definition) is 3. The molecule has 0 amide bonds. The minimum absolute atomic E-state index is 0.478. The highest BCUT2D eigenvalue weighted by molar-refractivity contribution is 5.99. The molecule has 0 aromatic rings. The predicted octanol–water partition coefficient (Wildman–Crippen LogP) is -1.67. The monoisotopic (exact) mass is 111 g/mol. The summed E-state index contributed by atoms with van der Waals surface area (Å²) >= 11 is 0. The second-order valence-electron chi connectivity index (χ2n) is 1.09. The quantitative estimate of drug-likeness (QED) is 0.277. The van der Waals surface area contributed by atoms with Gasteiger partial charge in [-0.2, -0.15) is 0 Å². The predicted molar refractivity (Wildman–Crippen MR) is 23.5 cm³/mol. The van der Waals surface area contributed by atoms with Crippen LogP contribution in [0.15, 0.2) is 0 Å². The highest BCUT2D eigenvalue weighted by atomic mass is 16.4. The second-order valence-corrected chi connectivity index (χ2v) is 1.09. The lowest BCUT2D eigenvalue weighted by atomic mass is 10.4. The Morgan fingerprint density at radius 3 is 2.00 bits per heavy atom. The fourth-order valence-corrected chi connectivity index (χ4v) is 0.139. The summed E-state index contributed by atoms with van der Waals surface area (Å²) in [6, 6.07) is 0. The maximum Gasteiger partial charge on any atom is 0.202 e. The number of ketones is 1. The van der Waals surface area contributed by atoms with Crippen molar-refractivity contribution in [2.75, 3.05) is 0 Å². The lowest BCUT2D eigenvalue weighted by molar-refractivity contribution is -0.295. The summed E-state index contributed by atoms with van der Waals surface area (Å²) in [4.78, 5) is 19.4. The lowest BCUT2D eigenvalue weighted by Gasteiger charge is -1.80. The molecule has 0 saturated heterocycles. The smallest absolute Gasteiger partial charge is 0.202 e. The van der Waals surface area contributed by atoms with Crippen LogP contribution < -0.4 is 5.11 Å². The summed E-state index contributed by atoms with van der Waals surface area (Å²) in [6.07, 6.45) is 0. The molecule has 0 aromatic heterocycles. The molecule has 42 valence electrons. The molecule has 0 bridgehead atoms. The van der Waals surface area contributed by atoms with Crippen LogP contribution in [-0.2, 0) is 9.59 Å². The molecule has 0 atom stereocenters. The number of aliphatic carboxylic acids is 1. The molecule has 0 spiro atoms. The number of carbonyl (C=O) groups is 2. The molecule has 0 aliphatic rings. The SMILES string of the molecule is CC(=O)C#CC(=O)[O-]. The number of carbonyl (C=O) groups excluding carboxylic acids is 2. The van der Waals surface area contributed by atoms with Crippen LogP contribution in [0, 0.1) is 11.8 Å². The summed E-state index contributed by atoms with van der Waals surface area (Å²) in [5.74, 6) is 1.34. The molecule has 0 rings (SSSR count). The molecule has 0 aromatic carbocycles. The maximum absolute atomic E-state index is 9.88. The Kier molecular flexibility index (Phi) is 2.35. The average molecular weight is 111 g/mol. The van der Waals surface area contributed by atoms with Gasteiger partial charge in [0, 0.05) is 6.92 Å². The van der Waals surface area contributed by atoms with Crippen molar-refractivity contribution in [2.45, 2.75) is 6.92 Å². The van der Waals surface area contributed by atoms with E-state index in [9.17, 15) is 14.7 Å². The van der Waals surface area contributed by atoms with Gasteiger partial charge >= 0.3 is 0 Å². The van der Waals surface area contributed by atoms with Crippen LogP contribution in [0.5, 0.6) is 0 Å². The summed E-state index contributed by atoms with van der Waals surface area (Å²) in [5.41, 5.74) is 0. The van der Waals surface area contributed by atoms with Gasteiger partial charge < -0.3 is 9.90 Å². The van der Waals surface area contributed by atoms with Gasteiger partial charge in [-0.3, -0.25) is 4.79 Å². The fourth-order valence-electron chi connectivity index (χ4n) is 0.139. The van der Waals surface area contributed by atoms with Gasteiger partial charge in [-0.25, -0.2) is 0 Å². The molecular weight excluding hydrogens is 108 g/mol. The fraction of sp³-hybridized carbons (Fsp3) is 0.200. The van der Waals surface area contributed by atoms with Crippen molar-refractivity contribution in [3.63, 3.8) is 0 Å². The van der Waals surface area contributed by atoms with Gasteiger partial charge in [-0.1, -0.05) is 0 Å². The maximum atomic E-state index is 9.88. The minimum Gasteiger partial charge on any atom is -0.537 e. The van der Waals surface area contributed by atoms with Crippen LogP contribution in [0.4, 0.5) is 0 Å². The largest absolute Gasteiger partial charge is 0.537 e. The molecule has 0 unspecified atom stereocenters. The van der Waals surface area contributed by atoms with Crippen molar-refractivity contribution >= 4 is 11.8 Å². The molecule has 0 saturated carbocycles. The van der Waals surface area contributed by atoms with Gasteiger partial charge in [0.05, 0.1) is 0 Å². The third-order valence-corrected chi connectivity index (χ3v) is 0.341. The summed E-state index contributed by atoms with van der Waals surface area (Å²) in [6.45, 7) is 1.18. The minimum atomic E-state index is -1.53. The standard InChI is InChI=1S/C5H4O3/c1-4(6)2-3-5(7)8/h1H3,(H,7,8)/p-1. The number of Topliss-reactive ketones (excluding diaryl/α,β-unsaturated/α-hetero) is 1. The average Bonchev–Trinajstić information content (AvgIpc) is 1.61. The number of rotatable bonds is 0. The van der Waals surface area contributed by atoms with Crippen molar-refractivity contribution in [3.05, 3.63) is 0 Å². The Balaban J connectivity index is 3.87. The first-order valence-electron chi connectivity index (χ1n) is 1.86. The van der Waals surface area contributed by atoms with E-state index in [1.807, 2.05) is 0 Å².